The maximum atomic E-state index is 13.3. The van der Waals surface area contributed by atoms with Crippen molar-refractivity contribution in [1.82, 2.24) is 20.4 Å². The standard InChI is InChI=1S/C25H23N7O8S2/c26-24-28-18(30-39-24)15(29-40-25(23(37)38)5-1-2-6-25)19(33)27-16-20(34)32-17(22(35)36)13(11-42-21(16)32)9-31-7-3-12-4-8-41-14(12)10-31/h3-4,7-8,10,16,21H,1-2,5-6,9,11H2,(H4-,26,27,28,30,33,35,36,37,38)/p+1/b29-15+/t16?,21-/m1/s1. The summed E-state index contributed by atoms with van der Waals surface area (Å²) in [5.41, 5.74) is 3.78. The fourth-order valence-electron chi connectivity index (χ4n) is 5.21. The molecule has 6 rings (SSSR count). The number of pyridine rings is 1. The van der Waals surface area contributed by atoms with Gasteiger partial charge in [0.2, 0.25) is 17.1 Å². The second-order valence-corrected chi connectivity index (χ2v) is 12.0. The number of nitrogens with one attached hydrogen (secondary N) is 1. The number of carboxylic acid groups (broad SMARTS) is 2. The third kappa shape index (κ3) is 4.83. The molecule has 42 heavy (non-hydrogen) atoms. The summed E-state index contributed by atoms with van der Waals surface area (Å²) in [6, 6.07) is 2.47. The summed E-state index contributed by atoms with van der Waals surface area (Å²) in [6.07, 6.45) is 5.37. The highest BCUT2D eigenvalue weighted by Gasteiger charge is 2.55. The molecule has 0 radical (unpaired) electrons. The number of nitrogen functional groups attached to an aromatic ring is 1. The summed E-state index contributed by atoms with van der Waals surface area (Å²) in [6.45, 7) is 0.273. The van der Waals surface area contributed by atoms with Gasteiger partial charge in [-0.15, -0.1) is 23.1 Å². The third-order valence-electron chi connectivity index (χ3n) is 7.35. The Bertz CT molecular complexity index is 1680. The van der Waals surface area contributed by atoms with Crippen molar-refractivity contribution in [2.75, 3.05) is 11.5 Å². The SMILES string of the molecule is Nc1nc(/C(=N\OC2(C(=O)O)CCCC2)C(=O)NC2C(=O)N3C(C(=O)O)=C(C[n+]4ccc5ccsc5c4)CS[C@H]23)no1. The molecule has 0 bridgehead atoms. The number of aliphatic carboxylic acids is 2. The summed E-state index contributed by atoms with van der Waals surface area (Å²) in [7, 11) is 0. The van der Waals surface area contributed by atoms with Gasteiger partial charge in [0, 0.05) is 35.6 Å². The average Bonchev–Trinajstić information content (AvgIpc) is 3.73. The number of aromatic nitrogens is 3. The third-order valence-corrected chi connectivity index (χ3v) is 9.55. The van der Waals surface area contributed by atoms with Gasteiger partial charge in [0.05, 0.1) is 4.70 Å². The number of rotatable bonds is 9. The number of amides is 2. The highest BCUT2D eigenvalue weighted by molar-refractivity contribution is 8.00. The van der Waals surface area contributed by atoms with E-state index >= 15 is 0 Å². The number of anilines is 1. The molecule has 2 aliphatic heterocycles. The van der Waals surface area contributed by atoms with Crippen molar-refractivity contribution < 1.29 is 43.3 Å². The maximum absolute atomic E-state index is 13.3. The van der Waals surface area contributed by atoms with E-state index in [9.17, 15) is 29.4 Å². The highest BCUT2D eigenvalue weighted by Crippen LogP contribution is 2.40. The Hall–Kier alpha value is -4.51. The van der Waals surface area contributed by atoms with Gasteiger partial charge in [-0.1, -0.05) is 10.3 Å². The van der Waals surface area contributed by atoms with E-state index in [1.807, 2.05) is 34.5 Å². The van der Waals surface area contributed by atoms with Gasteiger partial charge in [-0.2, -0.15) is 9.55 Å². The molecule has 218 valence electrons. The molecule has 15 nitrogen and oxygen atoms in total. The number of carbonyl (C=O) groups is 4. The Morgan fingerprint density at radius 2 is 2.07 bits per heavy atom. The summed E-state index contributed by atoms with van der Waals surface area (Å²) < 4.78 is 7.66. The van der Waals surface area contributed by atoms with E-state index in [1.165, 1.54) is 16.7 Å². The van der Waals surface area contributed by atoms with Crippen molar-refractivity contribution in [2.45, 2.75) is 49.2 Å². The molecule has 1 unspecified atom stereocenters. The fourth-order valence-corrected chi connectivity index (χ4v) is 7.38. The molecule has 0 spiro atoms. The number of thiophene rings is 1. The largest absolute Gasteiger partial charge is 0.478 e. The van der Waals surface area contributed by atoms with Crippen molar-refractivity contribution in [3.05, 3.63) is 47.0 Å². The molecule has 5 N–H and O–H groups in total. The minimum Gasteiger partial charge on any atom is -0.478 e. The van der Waals surface area contributed by atoms with E-state index in [2.05, 4.69) is 20.6 Å². The molecular formula is C25H24N7O8S2+. The van der Waals surface area contributed by atoms with Gasteiger partial charge in [-0.3, -0.25) is 14.5 Å². The van der Waals surface area contributed by atoms with Gasteiger partial charge in [-0.05, 0) is 24.3 Å². The molecule has 1 saturated carbocycles. The lowest BCUT2D eigenvalue weighted by molar-refractivity contribution is -0.687. The Labute approximate surface area is 245 Å². The number of β-lactam (4-membered cyclic amide) rings is 1. The minimum absolute atomic E-state index is 0.124. The van der Waals surface area contributed by atoms with Crippen LogP contribution in [0.3, 0.4) is 0 Å². The van der Waals surface area contributed by atoms with Gasteiger partial charge in [-0.25, -0.2) is 9.59 Å². The first-order chi connectivity index (χ1) is 20.2. The predicted octanol–water partition coefficient (Wildman–Crippen LogP) is 0.711. The minimum atomic E-state index is -1.62. The molecule has 2 fully saturated rings. The number of fused-ring (bicyclic) bond motifs is 2. The van der Waals surface area contributed by atoms with Gasteiger partial charge in [0.15, 0.2) is 18.9 Å². The van der Waals surface area contributed by atoms with Crippen molar-refractivity contribution >= 4 is 68.7 Å². The Balaban J connectivity index is 1.22. The molecule has 5 heterocycles. The van der Waals surface area contributed by atoms with Crippen LogP contribution in [-0.2, 0) is 30.6 Å². The smallest absolute Gasteiger partial charge is 0.352 e. The van der Waals surface area contributed by atoms with Crippen molar-refractivity contribution in [1.29, 1.82) is 0 Å². The molecule has 3 aliphatic rings. The van der Waals surface area contributed by atoms with Gasteiger partial charge < -0.3 is 30.6 Å². The summed E-state index contributed by atoms with van der Waals surface area (Å²) >= 11 is 2.88. The zero-order chi connectivity index (χ0) is 29.6. The van der Waals surface area contributed by atoms with Crippen molar-refractivity contribution in [3.63, 3.8) is 0 Å². The molecule has 3 aromatic heterocycles. The topological polar surface area (TPSA) is 214 Å². The van der Waals surface area contributed by atoms with Crippen LogP contribution < -0.4 is 15.6 Å². The number of hydrogen-bond donors (Lipinski definition) is 4. The molecular weight excluding hydrogens is 590 g/mol. The maximum Gasteiger partial charge on any atom is 0.352 e. The number of thioether (sulfide) groups is 1. The summed E-state index contributed by atoms with van der Waals surface area (Å²) in [5, 5.41) is 32.0. The zero-order valence-corrected chi connectivity index (χ0v) is 23.4. The molecule has 0 aromatic carbocycles. The van der Waals surface area contributed by atoms with Gasteiger partial charge in [0.1, 0.15) is 17.1 Å². The summed E-state index contributed by atoms with van der Waals surface area (Å²) in [5.74, 6) is -4.10. The second-order valence-electron chi connectivity index (χ2n) is 9.97. The number of nitrogens with two attached hydrogens (primary N) is 1. The summed E-state index contributed by atoms with van der Waals surface area (Å²) in [4.78, 5) is 61.1. The van der Waals surface area contributed by atoms with E-state index in [4.69, 9.17) is 15.1 Å². The molecule has 1 aliphatic carbocycles. The number of carboxylic acids is 2. The second kappa shape index (κ2) is 10.7. The normalized spacial score (nSPS) is 21.7. The van der Waals surface area contributed by atoms with Crippen LogP contribution in [-0.4, -0.2) is 77.5 Å². The van der Waals surface area contributed by atoms with Crippen LogP contribution in [0.25, 0.3) is 10.1 Å². The lowest BCUT2D eigenvalue weighted by Crippen LogP contribution is -2.71. The van der Waals surface area contributed by atoms with Crippen LogP contribution in [0.15, 0.2) is 50.9 Å². The molecule has 2 amide bonds. The van der Waals surface area contributed by atoms with E-state index in [-0.39, 0.29) is 36.9 Å². The molecule has 17 heteroatoms. The van der Waals surface area contributed by atoms with Gasteiger partial charge in [0.25, 0.3) is 11.8 Å². The lowest BCUT2D eigenvalue weighted by atomic mass is 10.0. The Morgan fingerprint density at radius 1 is 1.29 bits per heavy atom. The Kier molecular flexibility index (Phi) is 7.05. The number of oxime groups is 1. The molecule has 2 atom stereocenters. The van der Waals surface area contributed by atoms with Crippen LogP contribution in [0.2, 0.25) is 0 Å². The number of carbonyl (C=O) groups excluding carboxylic acids is 2. The van der Waals surface area contributed by atoms with Crippen molar-refractivity contribution in [2.24, 2.45) is 5.16 Å². The lowest BCUT2D eigenvalue weighted by Gasteiger charge is -2.49. The highest BCUT2D eigenvalue weighted by atomic mass is 32.2. The zero-order valence-electron chi connectivity index (χ0n) is 21.8. The van der Waals surface area contributed by atoms with Crippen molar-refractivity contribution in [3.8, 4) is 0 Å². The van der Waals surface area contributed by atoms with E-state index in [1.54, 1.807) is 11.3 Å². The predicted molar refractivity (Wildman–Crippen MR) is 147 cm³/mol. The first kappa shape index (κ1) is 27.6. The molecule has 3 aromatic rings. The van der Waals surface area contributed by atoms with Crippen LogP contribution in [0, 0.1) is 0 Å². The fraction of sp³-hybridized carbons (Fsp3) is 0.360. The van der Waals surface area contributed by atoms with E-state index in [0.29, 0.717) is 24.2 Å². The average molecular weight is 615 g/mol. The Morgan fingerprint density at radius 3 is 2.76 bits per heavy atom. The van der Waals surface area contributed by atoms with Crippen LogP contribution in [0.4, 0.5) is 6.01 Å². The van der Waals surface area contributed by atoms with Gasteiger partial charge >= 0.3 is 18.0 Å². The van der Waals surface area contributed by atoms with Crippen LogP contribution >= 0.6 is 23.1 Å². The monoisotopic (exact) mass is 614 g/mol. The van der Waals surface area contributed by atoms with E-state index < -0.39 is 46.5 Å². The first-order valence-corrected chi connectivity index (χ1v) is 14.8. The number of hydrogen-bond acceptors (Lipinski definition) is 12. The number of nitrogens with zero attached hydrogens (tertiary/aromatic N) is 5. The van der Waals surface area contributed by atoms with Crippen LogP contribution in [0.1, 0.15) is 31.5 Å². The quantitative estimate of drug-likeness (QED) is 0.113. The first-order valence-electron chi connectivity index (χ1n) is 12.8. The molecule has 1 saturated heterocycles. The van der Waals surface area contributed by atoms with E-state index in [0.717, 1.165) is 10.1 Å². The van der Waals surface area contributed by atoms with Crippen LogP contribution in [0.5, 0.6) is 0 Å².